The number of anilines is 1. The molecule has 0 spiro atoms. The number of benzene rings is 1. The first-order valence-corrected chi connectivity index (χ1v) is 7.43. The third-order valence-electron chi connectivity index (χ3n) is 2.69. The van der Waals surface area contributed by atoms with Gasteiger partial charge in [0.25, 0.3) is 0 Å². The summed E-state index contributed by atoms with van der Waals surface area (Å²) in [6, 6.07) is 3.80. The Morgan fingerprint density at radius 3 is 2.63 bits per heavy atom. The Morgan fingerprint density at radius 2 is 2.05 bits per heavy atom. The first-order chi connectivity index (χ1) is 8.79. The number of nitrogens with one attached hydrogen (secondary N) is 2. The van der Waals surface area contributed by atoms with Gasteiger partial charge in [0.05, 0.1) is 10.9 Å². The Hall–Kier alpha value is -1.60. The predicted octanol–water partition coefficient (Wildman–Crippen LogP) is 0.380. The van der Waals surface area contributed by atoms with Crippen molar-refractivity contribution in [1.82, 2.24) is 10.0 Å². The van der Waals surface area contributed by atoms with E-state index < -0.39 is 16.1 Å². The van der Waals surface area contributed by atoms with Crippen molar-refractivity contribution in [3.05, 3.63) is 23.8 Å². The molecular weight excluding hydrogens is 266 g/mol. The molecule has 1 atom stereocenters. The van der Waals surface area contributed by atoms with E-state index in [1.807, 2.05) is 0 Å². The second kappa shape index (κ2) is 6.03. The van der Waals surface area contributed by atoms with E-state index in [2.05, 4.69) is 10.0 Å². The predicted molar refractivity (Wildman–Crippen MR) is 74.1 cm³/mol. The molecule has 0 aliphatic heterocycles. The molecule has 106 valence electrons. The van der Waals surface area contributed by atoms with Crippen molar-refractivity contribution >= 4 is 21.6 Å². The molecule has 0 saturated carbocycles. The van der Waals surface area contributed by atoms with Crippen molar-refractivity contribution in [3.63, 3.8) is 0 Å². The van der Waals surface area contributed by atoms with Crippen molar-refractivity contribution in [2.75, 3.05) is 12.3 Å². The molecule has 0 aliphatic rings. The highest BCUT2D eigenvalue weighted by Gasteiger charge is 2.23. The van der Waals surface area contributed by atoms with Crippen LogP contribution in [0.4, 0.5) is 5.69 Å². The average Bonchev–Trinajstić information content (AvgIpc) is 2.32. The third-order valence-corrected chi connectivity index (χ3v) is 4.38. The fourth-order valence-electron chi connectivity index (χ4n) is 1.60. The summed E-state index contributed by atoms with van der Waals surface area (Å²) >= 11 is 0. The number of rotatable bonds is 5. The lowest BCUT2D eigenvalue weighted by atomic mass is 10.2. The van der Waals surface area contributed by atoms with Gasteiger partial charge in [-0.3, -0.25) is 4.79 Å². The number of nitrogen functional groups attached to an aromatic ring is 1. The van der Waals surface area contributed by atoms with E-state index in [-0.39, 0.29) is 10.8 Å². The van der Waals surface area contributed by atoms with Crippen LogP contribution in [0.15, 0.2) is 23.1 Å². The molecular formula is C12H19N3O3S. The fourth-order valence-corrected chi connectivity index (χ4v) is 3.08. The van der Waals surface area contributed by atoms with Crippen molar-refractivity contribution < 1.29 is 13.2 Å². The number of carbonyl (C=O) groups is 1. The highest BCUT2D eigenvalue weighted by molar-refractivity contribution is 7.89. The van der Waals surface area contributed by atoms with Crippen LogP contribution in [0.2, 0.25) is 0 Å². The summed E-state index contributed by atoms with van der Waals surface area (Å²) in [5.74, 6) is -0.368. The molecule has 6 nitrogen and oxygen atoms in total. The summed E-state index contributed by atoms with van der Waals surface area (Å²) in [7, 11) is -3.77. The molecule has 1 aromatic rings. The number of carbonyl (C=O) groups excluding carboxylic acids is 1. The van der Waals surface area contributed by atoms with E-state index >= 15 is 0 Å². The molecule has 0 aliphatic carbocycles. The molecule has 0 saturated heterocycles. The Kier molecular flexibility index (Phi) is 4.90. The zero-order chi connectivity index (χ0) is 14.6. The molecule has 19 heavy (non-hydrogen) atoms. The standard InChI is InChI=1S/C12H19N3O3S/c1-4-14-12(16)9(3)15-19(17,18)11-7-5-6-10(13)8(11)2/h5-7,9,15H,4,13H2,1-3H3,(H,14,16). The van der Waals surface area contributed by atoms with Crippen LogP contribution >= 0.6 is 0 Å². The number of likely N-dealkylation sites (N-methyl/N-ethyl adjacent to an activating group) is 1. The monoisotopic (exact) mass is 285 g/mol. The van der Waals surface area contributed by atoms with Gasteiger partial charge in [-0.05, 0) is 38.5 Å². The summed E-state index contributed by atoms with van der Waals surface area (Å²) in [5, 5.41) is 2.55. The maximum atomic E-state index is 12.2. The first kappa shape index (κ1) is 15.5. The Labute approximate surface area is 113 Å². The number of hydrogen-bond donors (Lipinski definition) is 3. The van der Waals surface area contributed by atoms with E-state index in [1.165, 1.54) is 13.0 Å². The molecule has 0 bridgehead atoms. The molecule has 1 unspecified atom stereocenters. The van der Waals surface area contributed by atoms with Crippen LogP contribution in [-0.4, -0.2) is 26.9 Å². The van der Waals surface area contributed by atoms with Crippen molar-refractivity contribution in [3.8, 4) is 0 Å². The van der Waals surface area contributed by atoms with Crippen LogP contribution in [-0.2, 0) is 14.8 Å². The minimum atomic E-state index is -3.77. The van der Waals surface area contributed by atoms with Gasteiger partial charge in [0.2, 0.25) is 15.9 Å². The quantitative estimate of drug-likeness (QED) is 0.681. The molecule has 1 rings (SSSR count). The Morgan fingerprint density at radius 1 is 1.42 bits per heavy atom. The van der Waals surface area contributed by atoms with Gasteiger partial charge >= 0.3 is 0 Å². The minimum absolute atomic E-state index is 0.0867. The van der Waals surface area contributed by atoms with Gasteiger partial charge in [0.15, 0.2) is 0 Å². The lowest BCUT2D eigenvalue weighted by Gasteiger charge is -2.15. The van der Waals surface area contributed by atoms with Gasteiger partial charge in [0, 0.05) is 12.2 Å². The smallest absolute Gasteiger partial charge is 0.241 e. The number of nitrogens with two attached hydrogens (primary N) is 1. The molecule has 0 heterocycles. The molecule has 1 amide bonds. The fraction of sp³-hybridized carbons (Fsp3) is 0.417. The number of amides is 1. The van der Waals surface area contributed by atoms with Crippen molar-refractivity contribution in [2.45, 2.75) is 31.7 Å². The second-order valence-corrected chi connectivity index (χ2v) is 5.89. The largest absolute Gasteiger partial charge is 0.398 e. The maximum absolute atomic E-state index is 12.2. The van der Waals surface area contributed by atoms with Crippen LogP contribution in [0.3, 0.4) is 0 Å². The Bertz CT molecular complexity index is 570. The molecule has 7 heteroatoms. The van der Waals surface area contributed by atoms with E-state index in [9.17, 15) is 13.2 Å². The van der Waals surface area contributed by atoms with Gasteiger partial charge in [-0.1, -0.05) is 6.07 Å². The summed E-state index contributed by atoms with van der Waals surface area (Å²) in [6.07, 6.45) is 0. The summed E-state index contributed by atoms with van der Waals surface area (Å²) in [6.45, 7) is 5.33. The molecule has 0 fully saturated rings. The molecule has 0 radical (unpaired) electrons. The van der Waals surface area contributed by atoms with Crippen molar-refractivity contribution in [1.29, 1.82) is 0 Å². The van der Waals surface area contributed by atoms with Gasteiger partial charge in [-0.25, -0.2) is 8.42 Å². The van der Waals surface area contributed by atoms with Crippen LogP contribution in [0.5, 0.6) is 0 Å². The zero-order valence-electron chi connectivity index (χ0n) is 11.2. The molecule has 1 aromatic carbocycles. The highest BCUT2D eigenvalue weighted by atomic mass is 32.2. The van der Waals surface area contributed by atoms with Crippen LogP contribution in [0.1, 0.15) is 19.4 Å². The van der Waals surface area contributed by atoms with E-state index in [0.29, 0.717) is 17.8 Å². The summed E-state index contributed by atoms with van der Waals surface area (Å²) < 4.78 is 26.7. The van der Waals surface area contributed by atoms with Gasteiger partial charge in [-0.2, -0.15) is 4.72 Å². The van der Waals surface area contributed by atoms with E-state index in [4.69, 9.17) is 5.73 Å². The van der Waals surface area contributed by atoms with E-state index in [1.54, 1.807) is 26.0 Å². The molecule has 0 aromatic heterocycles. The van der Waals surface area contributed by atoms with Crippen LogP contribution in [0, 0.1) is 6.92 Å². The SMILES string of the molecule is CCNC(=O)C(C)NS(=O)(=O)c1cccc(N)c1C. The number of hydrogen-bond acceptors (Lipinski definition) is 4. The van der Waals surface area contributed by atoms with Crippen LogP contribution < -0.4 is 15.8 Å². The second-order valence-electron chi connectivity index (χ2n) is 4.21. The minimum Gasteiger partial charge on any atom is -0.398 e. The van der Waals surface area contributed by atoms with Gasteiger partial charge in [0.1, 0.15) is 0 Å². The first-order valence-electron chi connectivity index (χ1n) is 5.94. The lowest BCUT2D eigenvalue weighted by molar-refractivity contribution is -0.122. The lowest BCUT2D eigenvalue weighted by Crippen LogP contribution is -2.44. The van der Waals surface area contributed by atoms with Gasteiger partial charge < -0.3 is 11.1 Å². The van der Waals surface area contributed by atoms with Gasteiger partial charge in [-0.15, -0.1) is 0 Å². The zero-order valence-corrected chi connectivity index (χ0v) is 12.0. The third kappa shape index (κ3) is 3.68. The van der Waals surface area contributed by atoms with Crippen LogP contribution in [0.25, 0.3) is 0 Å². The highest BCUT2D eigenvalue weighted by Crippen LogP contribution is 2.20. The summed E-state index contributed by atoms with van der Waals surface area (Å²) in [4.78, 5) is 11.6. The summed E-state index contributed by atoms with van der Waals surface area (Å²) in [5.41, 5.74) is 6.55. The van der Waals surface area contributed by atoms with E-state index in [0.717, 1.165) is 0 Å². The normalized spacial score (nSPS) is 13.0. The Balaban J connectivity index is 2.99. The average molecular weight is 285 g/mol. The molecule has 4 N–H and O–H groups in total. The topological polar surface area (TPSA) is 101 Å². The maximum Gasteiger partial charge on any atom is 0.241 e. The number of sulfonamides is 1. The van der Waals surface area contributed by atoms with Crippen molar-refractivity contribution in [2.24, 2.45) is 0 Å².